The predicted molar refractivity (Wildman–Crippen MR) is 215 cm³/mol. The van der Waals surface area contributed by atoms with Crippen LogP contribution < -0.4 is 0 Å². The van der Waals surface area contributed by atoms with E-state index >= 15 is 0 Å². The van der Waals surface area contributed by atoms with Gasteiger partial charge in [0, 0.05) is 42.1 Å². The number of ether oxygens (including phenoxy) is 3. The molecule has 3 aliphatic heterocycles. The summed E-state index contributed by atoms with van der Waals surface area (Å²) in [6.07, 6.45) is 6.53. The van der Waals surface area contributed by atoms with Crippen molar-refractivity contribution in [3.05, 3.63) is 36.5 Å². The fourth-order valence-electron chi connectivity index (χ4n) is 8.91. The second kappa shape index (κ2) is 20.6. The third-order valence-electron chi connectivity index (χ3n) is 13.2. The Bertz CT molecular complexity index is 1470. The average molecular weight is 805 g/mol. The van der Waals surface area contributed by atoms with E-state index in [-0.39, 0.29) is 30.0 Å². The SMILES string of the molecule is CCC1/C=C/C=C/C[C@@H](C)[C@H](O)[C@@](C)(O)C(=O)[C@@H](C)[C@H](O)[C@@H](C)C(=O)[C@@H](C)[C@H](O)[C@@H](C)/C=C/C(=O)O[C@@H]2[C@H](C)[C@H](CC1)O[C@@]1(O[C@@H](C[C@@H](C)O)[C@@H](C)CC1=O)[C@H]2C. The highest BCUT2D eigenvalue weighted by atomic mass is 16.7. The molecule has 0 radical (unpaired) electrons. The zero-order valence-corrected chi connectivity index (χ0v) is 36.0. The lowest BCUT2D eigenvalue weighted by Gasteiger charge is -2.54. The van der Waals surface area contributed by atoms with Crippen LogP contribution in [0, 0.1) is 53.3 Å². The van der Waals surface area contributed by atoms with Gasteiger partial charge in [0.05, 0.1) is 42.5 Å². The third kappa shape index (κ3) is 11.4. The Morgan fingerprint density at radius 2 is 1.47 bits per heavy atom. The van der Waals surface area contributed by atoms with Gasteiger partial charge < -0.3 is 39.7 Å². The summed E-state index contributed by atoms with van der Waals surface area (Å²) < 4.78 is 19.4. The zero-order valence-electron chi connectivity index (χ0n) is 36.0. The van der Waals surface area contributed by atoms with E-state index in [4.69, 9.17) is 14.2 Å². The van der Waals surface area contributed by atoms with Gasteiger partial charge in [-0.15, -0.1) is 0 Å². The van der Waals surface area contributed by atoms with Crippen LogP contribution in [0.2, 0.25) is 0 Å². The quantitative estimate of drug-likeness (QED) is 0.238. The standard InChI is InChI=1S/C45H72O12/c1-12-33-17-15-13-14-16-25(3)42(52)44(11,54)43(53)31(9)40(51)30(8)39(50)29(7)38(49)24(2)18-21-37(48)55-41-28(6)34(20-19-33)56-45(32(41)10)36(47)22-26(4)35(57-45)23-27(5)46/h13-15,17-18,21,24-35,38,40-42,46,49,51-52,54H,12,16,19-20,22-23H2,1-11H3/b14-13+,17-15+,21-18+/t24-,25+,26-,27+,28+,29-,30-,31-,32-,33?,34-,35-,38+,40+,41+,42-,44+,45+/m0/s1. The first-order valence-electron chi connectivity index (χ1n) is 21.1. The molecule has 18 atom stereocenters. The highest BCUT2D eigenvalue weighted by molar-refractivity contribution is 5.91. The molecule has 12 heteroatoms. The molecule has 0 aromatic rings. The molecule has 5 N–H and O–H groups in total. The van der Waals surface area contributed by atoms with E-state index in [1.165, 1.54) is 39.8 Å². The summed E-state index contributed by atoms with van der Waals surface area (Å²) >= 11 is 0. The van der Waals surface area contributed by atoms with Gasteiger partial charge in [0.15, 0.2) is 11.6 Å². The Kier molecular flexibility index (Phi) is 17.6. The summed E-state index contributed by atoms with van der Waals surface area (Å²) in [5.74, 6) is -9.55. The molecular formula is C45H72O12. The maximum Gasteiger partial charge on any atom is 0.330 e. The maximum absolute atomic E-state index is 14.0. The molecule has 0 aromatic heterocycles. The number of Topliss-reactive ketones (excluding diaryl/α,β-unsaturated/α-hetero) is 3. The molecule has 324 valence electrons. The normalized spacial score (nSPS) is 46.2. The van der Waals surface area contributed by atoms with Gasteiger partial charge in [-0.1, -0.05) is 92.7 Å². The molecule has 3 heterocycles. The number of hydrogen-bond donors (Lipinski definition) is 5. The van der Waals surface area contributed by atoms with Crippen LogP contribution in [-0.2, 0) is 33.4 Å². The minimum atomic E-state index is -2.21. The molecule has 0 aromatic carbocycles. The minimum absolute atomic E-state index is 0.132. The van der Waals surface area contributed by atoms with Gasteiger partial charge in [0.25, 0.3) is 0 Å². The van der Waals surface area contributed by atoms with Crippen LogP contribution in [0.25, 0.3) is 0 Å². The van der Waals surface area contributed by atoms with E-state index in [1.807, 2.05) is 32.1 Å². The molecule has 1 spiro atoms. The van der Waals surface area contributed by atoms with Crippen molar-refractivity contribution in [2.75, 3.05) is 0 Å². The van der Waals surface area contributed by atoms with E-state index in [0.29, 0.717) is 25.7 Å². The van der Waals surface area contributed by atoms with Crippen LogP contribution in [-0.4, -0.2) is 103 Å². The maximum atomic E-state index is 14.0. The van der Waals surface area contributed by atoms with Crippen LogP contribution in [0.4, 0.5) is 0 Å². The number of esters is 1. The highest BCUT2D eigenvalue weighted by Gasteiger charge is 2.61. The Labute approximate surface area is 340 Å². The van der Waals surface area contributed by atoms with Gasteiger partial charge in [-0.05, 0) is 63.7 Å². The predicted octanol–water partition coefficient (Wildman–Crippen LogP) is 5.06. The van der Waals surface area contributed by atoms with Crippen LogP contribution in [0.1, 0.15) is 115 Å². The topological polar surface area (TPSA) is 197 Å². The van der Waals surface area contributed by atoms with Crippen molar-refractivity contribution < 1.29 is 58.9 Å². The summed E-state index contributed by atoms with van der Waals surface area (Å²) in [7, 11) is 0. The molecule has 0 amide bonds. The van der Waals surface area contributed by atoms with Crippen molar-refractivity contribution >= 4 is 23.3 Å². The molecule has 0 saturated carbocycles. The van der Waals surface area contributed by atoms with Gasteiger partial charge in [0.1, 0.15) is 17.5 Å². The van der Waals surface area contributed by atoms with Crippen molar-refractivity contribution in [2.24, 2.45) is 53.3 Å². The van der Waals surface area contributed by atoms with Crippen molar-refractivity contribution in [1.82, 2.24) is 0 Å². The van der Waals surface area contributed by atoms with Crippen LogP contribution >= 0.6 is 0 Å². The first kappa shape index (κ1) is 48.8. The summed E-state index contributed by atoms with van der Waals surface area (Å²) in [5.41, 5.74) is -2.21. The molecule has 3 rings (SSSR count). The summed E-state index contributed by atoms with van der Waals surface area (Å²) in [5, 5.41) is 55.0. The first-order chi connectivity index (χ1) is 26.5. The average Bonchev–Trinajstić information content (AvgIpc) is 3.16. The van der Waals surface area contributed by atoms with Gasteiger partial charge in [-0.3, -0.25) is 14.4 Å². The second-order valence-electron chi connectivity index (χ2n) is 17.9. The lowest BCUT2D eigenvalue weighted by molar-refractivity contribution is -0.344. The van der Waals surface area contributed by atoms with E-state index < -0.39 is 107 Å². The van der Waals surface area contributed by atoms with Gasteiger partial charge >= 0.3 is 5.97 Å². The lowest BCUT2D eigenvalue weighted by Crippen LogP contribution is -2.66. The molecule has 3 aliphatic rings. The van der Waals surface area contributed by atoms with Crippen molar-refractivity contribution in [3.8, 4) is 0 Å². The fourth-order valence-corrected chi connectivity index (χ4v) is 8.91. The van der Waals surface area contributed by atoms with Crippen LogP contribution in [0.3, 0.4) is 0 Å². The molecule has 57 heavy (non-hydrogen) atoms. The smallest absolute Gasteiger partial charge is 0.330 e. The van der Waals surface area contributed by atoms with Gasteiger partial charge in [-0.2, -0.15) is 0 Å². The molecule has 2 saturated heterocycles. The number of ketones is 3. The molecular weight excluding hydrogens is 732 g/mol. The summed E-state index contributed by atoms with van der Waals surface area (Å²) in [6, 6.07) is 0. The Morgan fingerprint density at radius 1 is 0.842 bits per heavy atom. The lowest BCUT2D eigenvalue weighted by atomic mass is 9.74. The Hall–Kier alpha value is -2.58. The number of hydrogen-bond acceptors (Lipinski definition) is 12. The Balaban J connectivity index is 2.02. The molecule has 0 aliphatic carbocycles. The van der Waals surface area contributed by atoms with E-state index in [9.17, 15) is 44.7 Å². The van der Waals surface area contributed by atoms with Crippen molar-refractivity contribution in [1.29, 1.82) is 0 Å². The van der Waals surface area contributed by atoms with Crippen molar-refractivity contribution in [3.63, 3.8) is 0 Å². The number of fused-ring (bicyclic) bond motifs is 2. The van der Waals surface area contributed by atoms with E-state index in [2.05, 4.69) is 13.0 Å². The van der Waals surface area contributed by atoms with Crippen LogP contribution in [0.15, 0.2) is 36.5 Å². The minimum Gasteiger partial charge on any atom is -0.458 e. The Morgan fingerprint density at radius 3 is 2.09 bits per heavy atom. The molecule has 2 bridgehead atoms. The van der Waals surface area contributed by atoms with Crippen LogP contribution in [0.5, 0.6) is 0 Å². The van der Waals surface area contributed by atoms with E-state index in [1.54, 1.807) is 27.7 Å². The van der Waals surface area contributed by atoms with Gasteiger partial charge in [0.2, 0.25) is 5.79 Å². The second-order valence-corrected chi connectivity index (χ2v) is 17.9. The number of aliphatic hydroxyl groups is 5. The number of aliphatic hydroxyl groups excluding tert-OH is 4. The van der Waals surface area contributed by atoms with E-state index in [0.717, 1.165) is 6.42 Å². The third-order valence-corrected chi connectivity index (χ3v) is 13.2. The highest BCUT2D eigenvalue weighted by Crippen LogP contribution is 2.47. The largest absolute Gasteiger partial charge is 0.458 e. The molecule has 1 unspecified atom stereocenters. The number of allylic oxidation sites excluding steroid dienone is 4. The molecule has 12 nitrogen and oxygen atoms in total. The monoisotopic (exact) mass is 805 g/mol. The van der Waals surface area contributed by atoms with Gasteiger partial charge in [-0.25, -0.2) is 4.79 Å². The zero-order chi connectivity index (χ0) is 43.2. The summed E-state index contributed by atoms with van der Waals surface area (Å²) in [4.78, 5) is 54.5. The number of carbonyl (C=O) groups is 4. The van der Waals surface area contributed by atoms with Crippen molar-refractivity contribution in [2.45, 2.75) is 169 Å². The number of rotatable bonds is 3. The summed E-state index contributed by atoms with van der Waals surface area (Å²) in [6.45, 7) is 18.3. The number of carbonyl (C=O) groups excluding carboxylic acids is 4. The molecule has 2 fully saturated rings. The first-order valence-corrected chi connectivity index (χ1v) is 21.1. The fraction of sp³-hybridized carbons (Fsp3) is 0.778.